The predicted molar refractivity (Wildman–Crippen MR) is 191 cm³/mol. The number of aromatic nitrogens is 2. The molecule has 0 saturated carbocycles. The molecule has 0 aliphatic heterocycles. The highest BCUT2D eigenvalue weighted by molar-refractivity contribution is 9.10. The summed E-state index contributed by atoms with van der Waals surface area (Å²) in [7, 11) is 0. The first-order chi connectivity index (χ1) is 21.7. The number of hydrogen-bond acceptors (Lipinski definition) is 3. The van der Waals surface area contributed by atoms with E-state index in [2.05, 4.69) is 137 Å². The highest BCUT2D eigenvalue weighted by Crippen LogP contribution is 2.42. The summed E-state index contributed by atoms with van der Waals surface area (Å²) >= 11 is 5.43. The highest BCUT2D eigenvalue weighted by Gasteiger charge is 2.18. The number of nitrogens with zero attached hydrogens (tertiary/aromatic N) is 2. The Bertz CT molecular complexity index is 2530. The molecule has 0 saturated heterocycles. The third-order valence-corrected chi connectivity index (χ3v) is 10.2. The van der Waals surface area contributed by atoms with Crippen LogP contribution in [-0.4, -0.2) is 9.97 Å². The monoisotopic (exact) mass is 642 g/mol. The SMILES string of the molecule is Brc1ccc2sc3c(-c4cccc(-c5ccc6c7ccccc7c7ccccc7c6c5)c4)nc(-c4ccccc4)nc3c2c1. The molecule has 0 amide bonds. The maximum atomic E-state index is 5.21. The molecule has 44 heavy (non-hydrogen) atoms. The third kappa shape index (κ3) is 4.06. The van der Waals surface area contributed by atoms with E-state index in [4.69, 9.17) is 9.97 Å². The van der Waals surface area contributed by atoms with E-state index in [1.165, 1.54) is 48.1 Å². The van der Waals surface area contributed by atoms with E-state index >= 15 is 0 Å². The third-order valence-electron chi connectivity index (χ3n) is 8.52. The van der Waals surface area contributed by atoms with Crippen molar-refractivity contribution in [3.8, 4) is 33.8 Å². The van der Waals surface area contributed by atoms with Gasteiger partial charge in [0.2, 0.25) is 0 Å². The van der Waals surface area contributed by atoms with E-state index in [9.17, 15) is 0 Å². The molecule has 2 aromatic heterocycles. The van der Waals surface area contributed by atoms with Crippen LogP contribution in [0.15, 0.2) is 144 Å². The molecule has 206 valence electrons. The van der Waals surface area contributed by atoms with Crippen LogP contribution in [0.1, 0.15) is 0 Å². The fraction of sp³-hybridized carbons (Fsp3) is 0. The summed E-state index contributed by atoms with van der Waals surface area (Å²) in [6, 6.07) is 49.8. The molecule has 9 aromatic rings. The van der Waals surface area contributed by atoms with Crippen LogP contribution in [0.5, 0.6) is 0 Å². The zero-order valence-corrected chi connectivity index (χ0v) is 25.9. The van der Waals surface area contributed by atoms with Crippen molar-refractivity contribution in [2.24, 2.45) is 0 Å². The van der Waals surface area contributed by atoms with E-state index < -0.39 is 0 Å². The van der Waals surface area contributed by atoms with Gasteiger partial charge in [0.25, 0.3) is 0 Å². The number of halogens is 1. The van der Waals surface area contributed by atoms with Crippen molar-refractivity contribution in [1.82, 2.24) is 9.97 Å². The van der Waals surface area contributed by atoms with Gasteiger partial charge in [-0.15, -0.1) is 11.3 Å². The number of benzene rings is 7. The zero-order valence-electron chi connectivity index (χ0n) is 23.5. The molecule has 0 aliphatic carbocycles. The lowest BCUT2D eigenvalue weighted by Crippen LogP contribution is -1.93. The number of hydrogen-bond donors (Lipinski definition) is 0. The first-order valence-corrected chi connectivity index (χ1v) is 16.2. The minimum Gasteiger partial charge on any atom is -0.226 e. The van der Waals surface area contributed by atoms with Gasteiger partial charge in [-0.3, -0.25) is 0 Å². The van der Waals surface area contributed by atoms with E-state index in [0.717, 1.165) is 42.7 Å². The van der Waals surface area contributed by atoms with Crippen molar-refractivity contribution in [1.29, 1.82) is 0 Å². The zero-order chi connectivity index (χ0) is 29.2. The Morgan fingerprint density at radius 1 is 0.432 bits per heavy atom. The van der Waals surface area contributed by atoms with Gasteiger partial charge in [-0.2, -0.15) is 0 Å². The van der Waals surface area contributed by atoms with Crippen LogP contribution in [0.4, 0.5) is 0 Å². The quantitative estimate of drug-likeness (QED) is 0.179. The molecule has 2 nitrogen and oxygen atoms in total. The summed E-state index contributed by atoms with van der Waals surface area (Å²) in [5.74, 6) is 0.738. The van der Waals surface area contributed by atoms with Gasteiger partial charge in [0.05, 0.1) is 15.9 Å². The van der Waals surface area contributed by atoms with Crippen LogP contribution >= 0.6 is 27.3 Å². The lowest BCUT2D eigenvalue weighted by atomic mass is 9.91. The number of rotatable bonds is 3. The smallest absolute Gasteiger partial charge is 0.160 e. The van der Waals surface area contributed by atoms with Crippen molar-refractivity contribution in [2.45, 2.75) is 0 Å². The fourth-order valence-electron chi connectivity index (χ4n) is 6.46. The van der Waals surface area contributed by atoms with Crippen molar-refractivity contribution >= 4 is 79.9 Å². The fourth-order valence-corrected chi connectivity index (χ4v) is 7.96. The van der Waals surface area contributed by atoms with Crippen LogP contribution in [0.3, 0.4) is 0 Å². The summed E-state index contributed by atoms with van der Waals surface area (Å²) in [6.07, 6.45) is 0. The molecule has 0 bridgehead atoms. The Morgan fingerprint density at radius 2 is 1.05 bits per heavy atom. The Hall–Kier alpha value is -4.90. The second-order valence-corrected chi connectivity index (χ2v) is 13.1. The van der Waals surface area contributed by atoms with Gasteiger partial charge in [-0.05, 0) is 73.8 Å². The molecular formula is C40H23BrN2S. The Labute approximate surface area is 266 Å². The topological polar surface area (TPSA) is 25.8 Å². The average molecular weight is 644 g/mol. The molecule has 0 fully saturated rings. The Kier molecular flexibility index (Phi) is 5.87. The Morgan fingerprint density at radius 3 is 1.80 bits per heavy atom. The standard InChI is InChI=1S/C40H23BrN2S/c41-28-18-20-36-35(23-28)38-39(44-36)37(42-40(43-38)24-9-2-1-3-10-24)27-12-8-11-25(21-27)26-17-19-33-31-15-5-4-13-29(31)30-14-6-7-16-32(30)34(33)22-26/h1-23H. The lowest BCUT2D eigenvalue weighted by Gasteiger charge is -2.13. The summed E-state index contributed by atoms with van der Waals surface area (Å²) < 4.78 is 3.35. The second-order valence-electron chi connectivity index (χ2n) is 11.1. The summed E-state index contributed by atoms with van der Waals surface area (Å²) in [4.78, 5) is 10.3. The van der Waals surface area contributed by atoms with Crippen molar-refractivity contribution in [2.75, 3.05) is 0 Å². The van der Waals surface area contributed by atoms with E-state index in [1.807, 2.05) is 18.2 Å². The largest absolute Gasteiger partial charge is 0.226 e. The number of fused-ring (bicyclic) bond motifs is 9. The van der Waals surface area contributed by atoms with E-state index in [0.29, 0.717) is 0 Å². The molecule has 0 atom stereocenters. The molecule has 0 unspecified atom stereocenters. The van der Waals surface area contributed by atoms with E-state index in [1.54, 1.807) is 11.3 Å². The maximum absolute atomic E-state index is 5.21. The summed E-state index contributed by atoms with van der Waals surface area (Å²) in [5.41, 5.74) is 6.40. The summed E-state index contributed by atoms with van der Waals surface area (Å²) in [6.45, 7) is 0. The van der Waals surface area contributed by atoms with Gasteiger partial charge in [-0.25, -0.2) is 9.97 Å². The average Bonchev–Trinajstić information content (AvgIpc) is 3.46. The number of thiophene rings is 1. The molecule has 0 aliphatic rings. The van der Waals surface area contributed by atoms with Crippen LogP contribution in [-0.2, 0) is 0 Å². The normalized spacial score (nSPS) is 11.8. The van der Waals surface area contributed by atoms with E-state index in [-0.39, 0.29) is 0 Å². The predicted octanol–water partition coefficient (Wildman–Crippen LogP) is 12.1. The van der Waals surface area contributed by atoms with Gasteiger partial charge in [-0.1, -0.05) is 125 Å². The first kappa shape index (κ1) is 25.6. The van der Waals surface area contributed by atoms with Gasteiger partial charge < -0.3 is 0 Å². The second kappa shape index (κ2) is 10.1. The lowest BCUT2D eigenvalue weighted by molar-refractivity contribution is 1.24. The van der Waals surface area contributed by atoms with Gasteiger partial charge in [0.1, 0.15) is 0 Å². The van der Waals surface area contributed by atoms with Crippen LogP contribution in [0.2, 0.25) is 0 Å². The Balaban J connectivity index is 1.27. The van der Waals surface area contributed by atoms with Crippen LogP contribution in [0, 0.1) is 0 Å². The van der Waals surface area contributed by atoms with Crippen LogP contribution in [0.25, 0.3) is 86.4 Å². The minimum atomic E-state index is 0.738. The minimum absolute atomic E-state index is 0.738. The molecule has 9 rings (SSSR count). The van der Waals surface area contributed by atoms with Crippen LogP contribution < -0.4 is 0 Å². The van der Waals surface area contributed by atoms with Crippen molar-refractivity contribution in [3.63, 3.8) is 0 Å². The molecule has 2 heterocycles. The molecule has 4 heteroatoms. The molecule has 7 aromatic carbocycles. The molecule has 0 spiro atoms. The molecule has 0 N–H and O–H groups in total. The molecule has 0 radical (unpaired) electrons. The maximum Gasteiger partial charge on any atom is 0.160 e. The van der Waals surface area contributed by atoms with Gasteiger partial charge in [0.15, 0.2) is 5.82 Å². The first-order valence-electron chi connectivity index (χ1n) is 14.6. The highest BCUT2D eigenvalue weighted by atomic mass is 79.9. The summed E-state index contributed by atoms with van der Waals surface area (Å²) in [5, 5.41) is 8.84. The molecular weight excluding hydrogens is 620 g/mol. The van der Waals surface area contributed by atoms with Gasteiger partial charge in [0, 0.05) is 25.7 Å². The van der Waals surface area contributed by atoms with Gasteiger partial charge >= 0.3 is 0 Å². The van der Waals surface area contributed by atoms with Crippen molar-refractivity contribution in [3.05, 3.63) is 144 Å². The van der Waals surface area contributed by atoms with Crippen molar-refractivity contribution < 1.29 is 0 Å².